The second kappa shape index (κ2) is 10.9. The molecule has 0 rings (SSSR count). The van der Waals surface area contributed by atoms with Gasteiger partial charge in [0.1, 0.15) is 0 Å². The van der Waals surface area contributed by atoms with Crippen LogP contribution in [-0.4, -0.2) is 23.0 Å². The fourth-order valence-electron chi connectivity index (χ4n) is 2.39. The maximum absolute atomic E-state index is 6.23. The Morgan fingerprint density at radius 3 is 1.65 bits per heavy atom. The summed E-state index contributed by atoms with van der Waals surface area (Å²) < 4.78 is 6.23. The van der Waals surface area contributed by atoms with Gasteiger partial charge in [-0.3, -0.25) is 0 Å². The van der Waals surface area contributed by atoms with E-state index in [0.717, 1.165) is 6.61 Å². The van der Waals surface area contributed by atoms with Crippen molar-refractivity contribution in [3.8, 4) is 0 Å². The third-order valence-electron chi connectivity index (χ3n) is 5.54. The van der Waals surface area contributed by atoms with Crippen molar-refractivity contribution in [2.45, 2.75) is 109 Å². The summed E-state index contributed by atoms with van der Waals surface area (Å²) >= 11 is 0. The number of unbranched alkanes of at least 4 members (excludes halogenated alkanes) is 7. The molecular weight excluding hydrogens is 312 g/mol. The number of hydrogen-bond acceptors (Lipinski definition) is 1. The Hall–Kier alpha value is 0.134. The minimum atomic E-state index is -1.52. The van der Waals surface area contributed by atoms with E-state index in [4.69, 9.17) is 4.43 Å². The standard InChI is InChI=1S/C20H44OSi2/c1-9-22(5,6)19-17-15-13-11-10-12-14-16-18-21-23(7,8)20(2,3)4/h9H,1,10-19H2,2-8H3. The molecule has 0 saturated heterocycles. The Morgan fingerprint density at radius 2 is 1.22 bits per heavy atom. The lowest BCUT2D eigenvalue weighted by Crippen LogP contribution is -2.40. The van der Waals surface area contributed by atoms with E-state index in [2.05, 4.69) is 59.2 Å². The van der Waals surface area contributed by atoms with Gasteiger partial charge in [-0.25, -0.2) is 0 Å². The van der Waals surface area contributed by atoms with E-state index in [0.29, 0.717) is 5.04 Å². The van der Waals surface area contributed by atoms with Crippen molar-refractivity contribution in [1.82, 2.24) is 0 Å². The third-order valence-corrected chi connectivity index (χ3v) is 12.8. The summed E-state index contributed by atoms with van der Waals surface area (Å²) in [4.78, 5) is 0. The third kappa shape index (κ3) is 11.3. The molecule has 0 atom stereocenters. The summed E-state index contributed by atoms with van der Waals surface area (Å²) in [5.74, 6) is 0. The van der Waals surface area contributed by atoms with E-state index >= 15 is 0 Å². The van der Waals surface area contributed by atoms with Crippen molar-refractivity contribution in [1.29, 1.82) is 0 Å². The quantitative estimate of drug-likeness (QED) is 0.244. The Labute approximate surface area is 149 Å². The summed E-state index contributed by atoms with van der Waals surface area (Å²) in [5, 5.41) is 0.343. The predicted octanol–water partition coefficient (Wildman–Crippen LogP) is 7.56. The average Bonchev–Trinajstić information content (AvgIpc) is 2.43. The molecule has 0 N–H and O–H groups in total. The van der Waals surface area contributed by atoms with Crippen LogP contribution in [0.4, 0.5) is 0 Å². The number of rotatable bonds is 13. The van der Waals surface area contributed by atoms with Gasteiger partial charge in [-0.2, -0.15) is 0 Å². The van der Waals surface area contributed by atoms with E-state index in [1.54, 1.807) is 0 Å². The molecule has 23 heavy (non-hydrogen) atoms. The Morgan fingerprint density at radius 1 is 0.783 bits per heavy atom. The van der Waals surface area contributed by atoms with Crippen LogP contribution < -0.4 is 0 Å². The first kappa shape index (κ1) is 23.1. The zero-order chi connectivity index (χ0) is 18.0. The molecule has 3 heteroatoms. The second-order valence-electron chi connectivity index (χ2n) is 9.38. The predicted molar refractivity (Wildman–Crippen MR) is 113 cm³/mol. The molecule has 0 aliphatic heterocycles. The molecule has 0 radical (unpaired) electrons. The summed E-state index contributed by atoms with van der Waals surface area (Å²) in [7, 11) is -2.56. The largest absolute Gasteiger partial charge is 0.417 e. The normalized spacial score (nSPS) is 13.3. The highest BCUT2D eigenvalue weighted by Crippen LogP contribution is 2.36. The minimum Gasteiger partial charge on any atom is -0.417 e. The molecule has 138 valence electrons. The van der Waals surface area contributed by atoms with Gasteiger partial charge in [-0.15, -0.1) is 12.3 Å². The molecule has 0 spiro atoms. The molecule has 0 aromatic carbocycles. The fraction of sp³-hybridized carbons (Fsp3) is 0.900. The smallest absolute Gasteiger partial charge is 0.191 e. The van der Waals surface area contributed by atoms with Crippen molar-refractivity contribution in [3.05, 3.63) is 12.3 Å². The average molecular weight is 357 g/mol. The van der Waals surface area contributed by atoms with Crippen molar-refractivity contribution >= 4 is 16.4 Å². The van der Waals surface area contributed by atoms with Crippen molar-refractivity contribution in [2.75, 3.05) is 6.61 Å². The highest BCUT2D eigenvalue weighted by molar-refractivity contribution is 6.82. The zero-order valence-electron chi connectivity index (χ0n) is 17.3. The Balaban J connectivity index is 3.43. The van der Waals surface area contributed by atoms with Crippen LogP contribution in [0.2, 0.25) is 37.3 Å². The van der Waals surface area contributed by atoms with Gasteiger partial charge in [0, 0.05) is 6.61 Å². The Kier molecular flexibility index (Phi) is 11.0. The molecule has 0 saturated carbocycles. The van der Waals surface area contributed by atoms with Crippen LogP contribution in [0.5, 0.6) is 0 Å². The molecule has 0 aliphatic carbocycles. The first-order valence-corrected chi connectivity index (χ1v) is 16.0. The summed E-state index contributed by atoms with van der Waals surface area (Å²) in [6.45, 7) is 21.4. The van der Waals surface area contributed by atoms with Crippen LogP contribution in [0, 0.1) is 0 Å². The van der Waals surface area contributed by atoms with Gasteiger partial charge >= 0.3 is 0 Å². The van der Waals surface area contributed by atoms with Crippen molar-refractivity contribution < 1.29 is 4.43 Å². The second-order valence-corrected chi connectivity index (χ2v) is 19.1. The zero-order valence-corrected chi connectivity index (χ0v) is 19.3. The van der Waals surface area contributed by atoms with Crippen LogP contribution in [0.25, 0.3) is 0 Å². The van der Waals surface area contributed by atoms with Gasteiger partial charge in [0.2, 0.25) is 0 Å². The molecule has 0 unspecified atom stereocenters. The van der Waals surface area contributed by atoms with E-state index in [1.165, 1.54) is 57.4 Å². The van der Waals surface area contributed by atoms with Crippen LogP contribution in [0.15, 0.2) is 12.3 Å². The minimum absolute atomic E-state index is 0.343. The Bertz CT molecular complexity index is 316. The van der Waals surface area contributed by atoms with Gasteiger partial charge in [-0.05, 0) is 24.6 Å². The van der Waals surface area contributed by atoms with Crippen LogP contribution in [0.1, 0.15) is 72.1 Å². The molecule has 0 aromatic rings. The SMILES string of the molecule is C=C[Si](C)(C)CCCCCCCCCCO[Si](C)(C)C(C)(C)C. The first-order chi connectivity index (χ1) is 10.5. The van der Waals surface area contributed by atoms with Gasteiger partial charge in [-0.1, -0.05) is 84.9 Å². The van der Waals surface area contributed by atoms with Crippen LogP contribution >= 0.6 is 0 Å². The topological polar surface area (TPSA) is 9.23 Å². The molecular formula is C20H44OSi2. The van der Waals surface area contributed by atoms with Crippen molar-refractivity contribution in [2.24, 2.45) is 0 Å². The van der Waals surface area contributed by atoms with Gasteiger partial charge in [0.25, 0.3) is 0 Å². The lowest BCUT2D eigenvalue weighted by molar-refractivity contribution is 0.277. The molecule has 0 aromatic heterocycles. The maximum Gasteiger partial charge on any atom is 0.191 e. The molecule has 0 amide bonds. The number of hydrogen-bond donors (Lipinski definition) is 0. The monoisotopic (exact) mass is 356 g/mol. The van der Waals surface area contributed by atoms with Crippen molar-refractivity contribution in [3.63, 3.8) is 0 Å². The summed E-state index contributed by atoms with van der Waals surface area (Å²) in [6, 6.07) is 1.42. The van der Waals surface area contributed by atoms with E-state index in [9.17, 15) is 0 Å². The highest BCUT2D eigenvalue weighted by Gasteiger charge is 2.36. The van der Waals surface area contributed by atoms with Gasteiger partial charge in [0.15, 0.2) is 8.32 Å². The first-order valence-electron chi connectivity index (χ1n) is 9.79. The highest BCUT2D eigenvalue weighted by atomic mass is 28.4. The molecule has 1 nitrogen and oxygen atoms in total. The lowest BCUT2D eigenvalue weighted by Gasteiger charge is -2.36. The van der Waals surface area contributed by atoms with Gasteiger partial charge < -0.3 is 4.43 Å². The van der Waals surface area contributed by atoms with E-state index < -0.39 is 16.4 Å². The van der Waals surface area contributed by atoms with E-state index in [-0.39, 0.29) is 0 Å². The fourth-order valence-corrected chi connectivity index (χ4v) is 4.84. The van der Waals surface area contributed by atoms with E-state index in [1.807, 2.05) is 0 Å². The van der Waals surface area contributed by atoms with Crippen LogP contribution in [-0.2, 0) is 4.43 Å². The lowest BCUT2D eigenvalue weighted by atomic mass is 10.1. The maximum atomic E-state index is 6.23. The molecule has 0 aliphatic rings. The summed E-state index contributed by atoms with van der Waals surface area (Å²) in [6.07, 6.45) is 11.0. The summed E-state index contributed by atoms with van der Waals surface area (Å²) in [5.41, 5.74) is 2.23. The van der Waals surface area contributed by atoms with Gasteiger partial charge in [0.05, 0.1) is 8.07 Å². The van der Waals surface area contributed by atoms with Crippen LogP contribution in [0.3, 0.4) is 0 Å². The molecule has 0 fully saturated rings. The molecule has 0 heterocycles. The molecule has 0 bridgehead atoms.